The van der Waals surface area contributed by atoms with Gasteiger partial charge in [-0.05, 0) is 48.4 Å². The molecule has 1 aliphatic rings. The first-order chi connectivity index (χ1) is 9.80. The van der Waals surface area contributed by atoms with E-state index in [-0.39, 0.29) is 6.04 Å². The predicted octanol–water partition coefficient (Wildman–Crippen LogP) is 2.99. The Morgan fingerprint density at radius 2 is 2.15 bits per heavy atom. The Kier molecular flexibility index (Phi) is 4.05. The molecule has 0 amide bonds. The average molecular weight is 288 g/mol. The molecular formula is C16H20N2OS. The topological polar surface area (TPSA) is 47.3 Å². The van der Waals surface area contributed by atoms with Gasteiger partial charge in [0.2, 0.25) is 0 Å². The van der Waals surface area contributed by atoms with Crippen LogP contribution in [0.25, 0.3) is 0 Å². The molecule has 4 heteroatoms. The quantitative estimate of drug-likeness (QED) is 0.657. The van der Waals surface area contributed by atoms with Crippen molar-refractivity contribution in [1.82, 2.24) is 5.43 Å². The van der Waals surface area contributed by atoms with E-state index in [1.54, 1.807) is 18.4 Å². The van der Waals surface area contributed by atoms with Crippen molar-refractivity contribution in [2.75, 3.05) is 7.11 Å². The molecule has 1 aromatic carbocycles. The van der Waals surface area contributed by atoms with Gasteiger partial charge in [-0.25, -0.2) is 0 Å². The smallest absolute Gasteiger partial charge is 0.129 e. The molecule has 0 aliphatic heterocycles. The third kappa shape index (κ3) is 2.73. The molecule has 3 rings (SSSR count). The highest BCUT2D eigenvalue weighted by Crippen LogP contribution is 2.30. The van der Waals surface area contributed by atoms with Crippen molar-refractivity contribution in [2.45, 2.75) is 31.7 Å². The monoisotopic (exact) mass is 288 g/mol. The number of hydrogen-bond donors (Lipinski definition) is 2. The Morgan fingerprint density at radius 1 is 1.30 bits per heavy atom. The standard InChI is InChI=1S/C16H20N2OS/c1-19-14-9-16(20-10-14)15(18-17)8-11-5-6-12-3-2-4-13(12)7-11/h5-7,9-10,15,18H,2-4,8,17H2,1H3. The van der Waals surface area contributed by atoms with E-state index in [0.717, 1.165) is 12.2 Å². The lowest BCUT2D eigenvalue weighted by Crippen LogP contribution is -2.29. The van der Waals surface area contributed by atoms with Crippen molar-refractivity contribution in [3.05, 3.63) is 51.2 Å². The second-order valence-corrected chi connectivity index (χ2v) is 6.21. The van der Waals surface area contributed by atoms with Crippen molar-refractivity contribution >= 4 is 11.3 Å². The highest BCUT2D eigenvalue weighted by molar-refractivity contribution is 7.10. The van der Waals surface area contributed by atoms with Gasteiger partial charge in [0.25, 0.3) is 0 Å². The fourth-order valence-electron chi connectivity index (χ4n) is 2.85. The Labute approximate surface area is 123 Å². The minimum Gasteiger partial charge on any atom is -0.496 e. The highest BCUT2D eigenvalue weighted by atomic mass is 32.1. The second kappa shape index (κ2) is 5.95. The van der Waals surface area contributed by atoms with Gasteiger partial charge in [-0.3, -0.25) is 11.3 Å². The summed E-state index contributed by atoms with van der Waals surface area (Å²) in [6, 6.07) is 9.06. The fourth-order valence-corrected chi connectivity index (χ4v) is 3.77. The molecule has 0 spiro atoms. The molecule has 1 aromatic heterocycles. The normalized spacial score (nSPS) is 15.1. The maximum absolute atomic E-state index is 5.73. The molecule has 3 nitrogen and oxygen atoms in total. The van der Waals surface area contributed by atoms with Gasteiger partial charge in [0.15, 0.2) is 0 Å². The van der Waals surface area contributed by atoms with Crippen LogP contribution in [0.2, 0.25) is 0 Å². The molecule has 1 unspecified atom stereocenters. The van der Waals surface area contributed by atoms with Crippen LogP contribution in [0.4, 0.5) is 0 Å². The van der Waals surface area contributed by atoms with Gasteiger partial charge in [-0.2, -0.15) is 0 Å². The number of ether oxygens (including phenoxy) is 1. The number of aryl methyl sites for hydroxylation is 2. The van der Waals surface area contributed by atoms with Gasteiger partial charge < -0.3 is 4.74 Å². The van der Waals surface area contributed by atoms with Crippen LogP contribution in [-0.4, -0.2) is 7.11 Å². The number of fused-ring (bicyclic) bond motifs is 1. The minimum atomic E-state index is 0.142. The molecule has 1 atom stereocenters. The summed E-state index contributed by atoms with van der Waals surface area (Å²) in [6.45, 7) is 0. The van der Waals surface area contributed by atoms with Crippen LogP contribution in [-0.2, 0) is 19.3 Å². The molecule has 20 heavy (non-hydrogen) atoms. The van der Waals surface area contributed by atoms with Crippen molar-refractivity contribution in [3.8, 4) is 5.75 Å². The van der Waals surface area contributed by atoms with Crippen LogP contribution in [0.5, 0.6) is 5.75 Å². The van der Waals surface area contributed by atoms with Crippen LogP contribution in [0.3, 0.4) is 0 Å². The van der Waals surface area contributed by atoms with Crippen molar-refractivity contribution < 1.29 is 4.74 Å². The third-order valence-electron chi connectivity index (χ3n) is 3.98. The van der Waals surface area contributed by atoms with Crippen LogP contribution in [0.1, 0.15) is 34.0 Å². The first-order valence-corrected chi connectivity index (χ1v) is 7.87. The summed E-state index contributed by atoms with van der Waals surface area (Å²) in [7, 11) is 1.69. The number of hydrogen-bond acceptors (Lipinski definition) is 4. The van der Waals surface area contributed by atoms with Gasteiger partial charge in [-0.1, -0.05) is 18.2 Å². The lowest BCUT2D eigenvalue weighted by atomic mass is 10.0. The number of thiophene rings is 1. The average Bonchev–Trinajstić information content (AvgIpc) is 3.12. The van der Waals surface area contributed by atoms with Crippen LogP contribution < -0.4 is 16.0 Å². The SMILES string of the molecule is COc1csc(C(Cc2ccc3c(c2)CCC3)NN)c1. The lowest BCUT2D eigenvalue weighted by molar-refractivity contribution is 0.415. The Balaban J connectivity index is 1.77. The van der Waals surface area contributed by atoms with E-state index in [9.17, 15) is 0 Å². The number of benzene rings is 1. The van der Waals surface area contributed by atoms with E-state index >= 15 is 0 Å². The molecular weight excluding hydrogens is 268 g/mol. The minimum absolute atomic E-state index is 0.142. The van der Waals surface area contributed by atoms with Gasteiger partial charge in [0.1, 0.15) is 5.75 Å². The Bertz CT molecular complexity index is 594. The number of methoxy groups -OCH3 is 1. The van der Waals surface area contributed by atoms with Crippen molar-refractivity contribution in [1.29, 1.82) is 0 Å². The summed E-state index contributed by atoms with van der Waals surface area (Å²) in [5, 5.41) is 2.02. The van der Waals surface area contributed by atoms with Crippen molar-refractivity contribution in [3.63, 3.8) is 0 Å². The lowest BCUT2D eigenvalue weighted by Gasteiger charge is -2.15. The van der Waals surface area contributed by atoms with Crippen molar-refractivity contribution in [2.24, 2.45) is 5.84 Å². The Morgan fingerprint density at radius 3 is 2.90 bits per heavy atom. The molecule has 1 aliphatic carbocycles. The number of nitrogens with one attached hydrogen (secondary N) is 1. The molecule has 0 saturated carbocycles. The first-order valence-electron chi connectivity index (χ1n) is 6.99. The summed E-state index contributed by atoms with van der Waals surface area (Å²) < 4.78 is 5.24. The number of nitrogens with two attached hydrogens (primary N) is 1. The summed E-state index contributed by atoms with van der Waals surface area (Å²) in [6.07, 6.45) is 4.65. The molecule has 1 heterocycles. The molecule has 0 radical (unpaired) electrons. The molecule has 0 fully saturated rings. The van der Waals surface area contributed by atoms with Crippen LogP contribution in [0, 0.1) is 0 Å². The number of hydrazine groups is 1. The largest absolute Gasteiger partial charge is 0.496 e. The second-order valence-electron chi connectivity index (χ2n) is 5.27. The molecule has 0 bridgehead atoms. The fraction of sp³-hybridized carbons (Fsp3) is 0.375. The maximum atomic E-state index is 5.73. The molecule has 3 N–H and O–H groups in total. The number of rotatable bonds is 5. The van der Waals surface area contributed by atoms with E-state index < -0.39 is 0 Å². The van der Waals surface area contributed by atoms with E-state index in [1.807, 2.05) is 5.38 Å². The third-order valence-corrected chi connectivity index (χ3v) is 5.00. The van der Waals surface area contributed by atoms with Gasteiger partial charge in [0, 0.05) is 10.3 Å². The van der Waals surface area contributed by atoms with Gasteiger partial charge in [0.05, 0.1) is 13.2 Å². The van der Waals surface area contributed by atoms with E-state index in [1.165, 1.54) is 40.8 Å². The van der Waals surface area contributed by atoms with Gasteiger partial charge >= 0.3 is 0 Å². The highest BCUT2D eigenvalue weighted by Gasteiger charge is 2.16. The molecule has 2 aromatic rings. The van der Waals surface area contributed by atoms with E-state index in [2.05, 4.69) is 29.7 Å². The Hall–Kier alpha value is -1.36. The zero-order valence-electron chi connectivity index (χ0n) is 11.7. The summed E-state index contributed by atoms with van der Waals surface area (Å²) >= 11 is 1.68. The summed E-state index contributed by atoms with van der Waals surface area (Å²) in [5.74, 6) is 6.63. The first kappa shape index (κ1) is 13.6. The van der Waals surface area contributed by atoms with Crippen LogP contribution in [0.15, 0.2) is 29.6 Å². The predicted molar refractivity (Wildman–Crippen MR) is 83.1 cm³/mol. The van der Waals surface area contributed by atoms with E-state index in [0.29, 0.717) is 0 Å². The zero-order chi connectivity index (χ0) is 13.9. The van der Waals surface area contributed by atoms with Gasteiger partial charge in [-0.15, -0.1) is 11.3 Å². The van der Waals surface area contributed by atoms with Crippen LogP contribution >= 0.6 is 11.3 Å². The summed E-state index contributed by atoms with van der Waals surface area (Å²) in [4.78, 5) is 1.21. The molecule has 0 saturated heterocycles. The summed E-state index contributed by atoms with van der Waals surface area (Å²) in [5.41, 5.74) is 7.31. The van der Waals surface area contributed by atoms with E-state index in [4.69, 9.17) is 10.6 Å². The molecule has 106 valence electrons. The maximum Gasteiger partial charge on any atom is 0.129 e. The zero-order valence-corrected chi connectivity index (χ0v) is 12.5.